The standard InChI is InChI=1S/9CH4.BH3.2He.Li.H/h9*1H4;1H3;;;;/q;;;;;;;;;;;;+1;-1/i;;;;;;;;;1-1;3*1+0;. The summed E-state index contributed by atoms with van der Waals surface area (Å²) in [6.45, 7) is 0. The molecule has 0 saturated carbocycles. The van der Waals surface area contributed by atoms with E-state index < -0.39 is 0 Å². The van der Waals surface area contributed by atoms with Gasteiger partial charge in [0.2, 0.25) is 0 Å². The van der Waals surface area contributed by atoms with Crippen molar-refractivity contribution in [2.75, 3.05) is 0 Å². The first-order valence-corrected chi connectivity index (χ1v) is 0. The molecular weight excluding hydrogens is 133 g/mol. The average Bonchev–Trinajstić information content (AvgIpc) is 0. The second-order valence-corrected chi connectivity index (χ2v) is 0. The van der Waals surface area contributed by atoms with Crippen molar-refractivity contribution >= 4 is 8.41 Å². The zero-order chi connectivity index (χ0) is 0. The van der Waals surface area contributed by atoms with E-state index in [1.54, 1.807) is 0 Å². The Kier molecular flexibility index (Phi) is 4980000. The van der Waals surface area contributed by atoms with Crippen LogP contribution in [0, 0.1) is 12.3 Å². The summed E-state index contributed by atoms with van der Waals surface area (Å²) in [5.41, 5.74) is 0. The van der Waals surface area contributed by atoms with E-state index >= 15 is 0 Å². The molecule has 84 valence electrons. The molecule has 0 unspecified atom stereocenters. The van der Waals surface area contributed by atoms with Gasteiger partial charge in [0.25, 0.3) is 0 Å². The maximum atomic E-state index is 0. The van der Waals surface area contributed by atoms with Crippen molar-refractivity contribution < 1.29 is 32.6 Å². The fraction of sp³-hybridized carbons (Fsp3) is 1.00. The molecule has 0 rings (SSSR count). The van der Waals surface area contributed by atoms with Gasteiger partial charge < -0.3 is 1.43 Å². The van der Waals surface area contributed by atoms with E-state index in [4.69, 9.17) is 0 Å². The van der Waals surface area contributed by atoms with Crippen LogP contribution in [0.4, 0.5) is 0 Å². The summed E-state index contributed by atoms with van der Waals surface area (Å²) in [5.74, 6) is 0. The molecule has 0 nitrogen and oxygen atoms in total. The second kappa shape index (κ2) is 7120. The molecule has 0 bridgehead atoms. The molecule has 0 heterocycles. The van der Waals surface area contributed by atoms with E-state index in [-0.39, 0.29) is 108 Å². The van der Waals surface area contributed by atoms with Crippen molar-refractivity contribution in [3.8, 4) is 0 Å². The van der Waals surface area contributed by atoms with Crippen LogP contribution in [0.15, 0.2) is 0 Å². The molecule has 0 aliphatic carbocycles. The molecular formula is C9H40BHe2Li. The van der Waals surface area contributed by atoms with Crippen LogP contribution in [0.1, 0.15) is 68.3 Å². The van der Waals surface area contributed by atoms with E-state index in [1.165, 1.54) is 0 Å². The first-order valence-electron chi connectivity index (χ1n) is 0. The smallest absolute Gasteiger partial charge is 1.00 e. The molecule has 0 atom stereocenters. The van der Waals surface area contributed by atoms with Gasteiger partial charge in [-0.2, -0.15) is 0 Å². The molecule has 0 saturated heterocycles. The van der Waals surface area contributed by atoms with Gasteiger partial charge in [0.05, 0.1) is 8.41 Å². The number of hydrogen-bond acceptors (Lipinski definition) is 0. The van der Waals surface area contributed by atoms with Crippen LogP contribution in [-0.4, -0.2) is 8.41 Å². The largest absolute Gasteiger partial charge is 1.00 e. The molecule has 0 amide bonds. The average molecular weight is 173 g/mol. The summed E-state index contributed by atoms with van der Waals surface area (Å²) < 4.78 is 0. The Balaban J connectivity index is 0. The van der Waals surface area contributed by atoms with Crippen LogP contribution in [0.3, 0.4) is 0 Å². The zero-order valence-electron chi connectivity index (χ0n) is 3.41. The molecule has 0 aliphatic heterocycles. The maximum absolute atomic E-state index is 0. The molecule has 0 fully saturated rings. The first kappa shape index (κ1) is 9090. The van der Waals surface area contributed by atoms with E-state index in [0.29, 0.717) is 0 Å². The fourth-order valence-electron chi connectivity index (χ4n) is 0. The second-order valence-electron chi connectivity index (χ2n) is 0. The van der Waals surface area contributed by atoms with E-state index in [2.05, 4.69) is 0 Å². The normalized spacial score (nSPS) is 0. The van der Waals surface area contributed by atoms with Crippen LogP contribution < -0.4 is 18.9 Å². The molecule has 0 aromatic heterocycles. The topological polar surface area (TPSA) is 0 Å². The van der Waals surface area contributed by atoms with Crippen LogP contribution in [-0.2, 0) is 0 Å². The number of hydrogen-bond donors (Lipinski definition) is 0. The molecule has 0 N–H and O–H groups in total. The molecule has 0 spiro atoms. The van der Waals surface area contributed by atoms with Crippen molar-refractivity contribution in [3.05, 3.63) is 0 Å². The summed E-state index contributed by atoms with van der Waals surface area (Å²) >= 11 is 0. The third-order valence-corrected chi connectivity index (χ3v) is 0. The summed E-state index contributed by atoms with van der Waals surface area (Å²) in [6.07, 6.45) is 0. The van der Waals surface area contributed by atoms with Gasteiger partial charge in [-0.05, 0) is 0 Å². The Morgan fingerprint density at radius 2 is 0.385 bits per heavy atom. The Hall–Kier alpha value is 0.481. The summed E-state index contributed by atoms with van der Waals surface area (Å²) in [4.78, 5) is 0. The predicted octanol–water partition coefficient (Wildman–Crippen LogP) is 1.66. The van der Waals surface area contributed by atoms with Gasteiger partial charge >= 0.3 is 18.9 Å². The van der Waals surface area contributed by atoms with Gasteiger partial charge in [-0.25, -0.2) is 0 Å². The number of rotatable bonds is 0. The maximum Gasteiger partial charge on any atom is 1.00 e. The molecule has 0 aliphatic rings. The van der Waals surface area contributed by atoms with Crippen LogP contribution >= 0.6 is 0 Å². The Morgan fingerprint density at radius 1 is 0.385 bits per heavy atom. The quantitative estimate of drug-likeness (QED) is 0.489. The molecule has 0 radical (unpaired) electrons. The van der Waals surface area contributed by atoms with E-state index in [0.717, 1.165) is 0 Å². The van der Waals surface area contributed by atoms with Crippen LogP contribution in [0.2, 0.25) is 0 Å². The van der Waals surface area contributed by atoms with E-state index in [9.17, 15) is 0 Å². The van der Waals surface area contributed by atoms with Crippen molar-refractivity contribution in [2.45, 2.75) is 66.8 Å². The van der Waals surface area contributed by atoms with Crippen LogP contribution in [0.25, 0.3) is 0 Å². The summed E-state index contributed by atoms with van der Waals surface area (Å²) in [5, 5.41) is 0. The molecule has 4 heteroatoms. The first-order chi connectivity index (χ1) is 0. The van der Waals surface area contributed by atoms with Crippen molar-refractivity contribution in [1.29, 1.82) is 0 Å². The van der Waals surface area contributed by atoms with Gasteiger partial charge in [-0.3, -0.25) is 0 Å². The Labute approximate surface area is 108 Å². The van der Waals surface area contributed by atoms with Gasteiger partial charge in [-0.15, -0.1) is 0 Å². The minimum absolute atomic E-state index is 0. The summed E-state index contributed by atoms with van der Waals surface area (Å²) in [6, 6.07) is 0. The predicted molar refractivity (Wildman–Crippen MR) is 71.6 cm³/mol. The van der Waals surface area contributed by atoms with Crippen molar-refractivity contribution in [3.63, 3.8) is 0 Å². The van der Waals surface area contributed by atoms with Crippen molar-refractivity contribution in [1.82, 2.24) is 0 Å². The Bertz CT molecular complexity index is 22.8. The third-order valence-electron chi connectivity index (χ3n) is 0. The van der Waals surface area contributed by atoms with Crippen molar-refractivity contribution in [2.24, 2.45) is 0 Å². The minimum Gasteiger partial charge on any atom is -1.00 e. The van der Waals surface area contributed by atoms with Gasteiger partial charge in [-0.1, -0.05) is 66.8 Å². The minimum atomic E-state index is 0. The molecule has 0 aromatic carbocycles. The van der Waals surface area contributed by atoms with Gasteiger partial charge in [0.15, 0.2) is 0 Å². The van der Waals surface area contributed by atoms with E-state index in [1.807, 2.05) is 0 Å². The molecule has 0 aromatic rings. The van der Waals surface area contributed by atoms with Gasteiger partial charge in [0, 0.05) is 12.3 Å². The summed E-state index contributed by atoms with van der Waals surface area (Å²) in [7, 11) is 0. The monoisotopic (exact) mass is 173 g/mol. The SMILES string of the molecule is C.C.C.C.C.C.C.C.C.[10BH3].[4He].[4He].[7Li+].[H-]. The van der Waals surface area contributed by atoms with Crippen LogP contribution in [0.5, 0.6) is 0 Å². The Morgan fingerprint density at radius 3 is 0.385 bits per heavy atom. The fourth-order valence-corrected chi connectivity index (χ4v) is 0. The zero-order valence-corrected chi connectivity index (χ0v) is 2.41. The third kappa shape index (κ3) is 5940. The van der Waals surface area contributed by atoms with Gasteiger partial charge in [0.1, 0.15) is 0 Å². The molecule has 13 heavy (non-hydrogen) atoms.